The summed E-state index contributed by atoms with van der Waals surface area (Å²) in [6, 6.07) is 8.76. The summed E-state index contributed by atoms with van der Waals surface area (Å²) in [6.07, 6.45) is 1.21. The molecule has 0 radical (unpaired) electrons. The van der Waals surface area contributed by atoms with Crippen LogP contribution in [0.2, 0.25) is 5.02 Å². The molecular formula is C17H25ClN2. The van der Waals surface area contributed by atoms with Crippen LogP contribution in [0.5, 0.6) is 0 Å². The highest BCUT2D eigenvalue weighted by molar-refractivity contribution is 6.30. The van der Waals surface area contributed by atoms with Crippen LogP contribution in [-0.2, 0) is 0 Å². The Kier molecular flexibility index (Phi) is 5.64. The Balaban J connectivity index is 2.07. The summed E-state index contributed by atoms with van der Waals surface area (Å²) in [5.74, 6) is 0.840. The molecule has 1 saturated heterocycles. The Bertz CT molecular complexity index is 433. The summed E-state index contributed by atoms with van der Waals surface area (Å²) >= 11 is 5.99. The van der Waals surface area contributed by atoms with Crippen molar-refractivity contribution in [3.8, 4) is 0 Å². The van der Waals surface area contributed by atoms with E-state index in [9.17, 15) is 0 Å². The number of halogens is 1. The van der Waals surface area contributed by atoms with Gasteiger partial charge >= 0.3 is 0 Å². The second-order valence-corrected chi connectivity index (χ2v) is 6.37. The molecule has 0 unspecified atom stereocenters. The number of nitrogens with one attached hydrogen (secondary N) is 2. The van der Waals surface area contributed by atoms with Crippen LogP contribution in [0.3, 0.4) is 0 Å². The second kappa shape index (κ2) is 7.26. The summed E-state index contributed by atoms with van der Waals surface area (Å²) < 4.78 is 0. The zero-order valence-electron chi connectivity index (χ0n) is 12.5. The summed E-state index contributed by atoms with van der Waals surface area (Å²) in [5.41, 5.74) is 2.58. The molecular weight excluding hydrogens is 268 g/mol. The smallest absolute Gasteiger partial charge is 0.0406 e. The number of benzene rings is 1. The Labute approximate surface area is 127 Å². The molecule has 0 amide bonds. The van der Waals surface area contributed by atoms with Crippen molar-refractivity contribution in [1.82, 2.24) is 10.6 Å². The van der Waals surface area contributed by atoms with E-state index in [4.69, 9.17) is 11.6 Å². The molecule has 2 atom stereocenters. The Hall–Kier alpha value is -0.830. The Morgan fingerprint density at radius 2 is 2.10 bits per heavy atom. The van der Waals surface area contributed by atoms with Gasteiger partial charge in [-0.2, -0.15) is 0 Å². The number of hydrogen-bond donors (Lipinski definition) is 2. The van der Waals surface area contributed by atoms with Crippen LogP contribution in [0, 0.1) is 5.92 Å². The molecule has 1 aliphatic heterocycles. The predicted molar refractivity (Wildman–Crippen MR) is 87.4 cm³/mol. The van der Waals surface area contributed by atoms with Crippen molar-refractivity contribution in [3.05, 3.63) is 47.0 Å². The van der Waals surface area contributed by atoms with Gasteiger partial charge in [-0.1, -0.05) is 49.7 Å². The zero-order chi connectivity index (χ0) is 14.5. The van der Waals surface area contributed by atoms with Crippen LogP contribution in [-0.4, -0.2) is 25.7 Å². The normalized spacial score (nSPS) is 20.3. The molecule has 1 fully saturated rings. The van der Waals surface area contributed by atoms with E-state index >= 15 is 0 Å². The van der Waals surface area contributed by atoms with Gasteiger partial charge in [0.1, 0.15) is 0 Å². The molecule has 1 aromatic carbocycles. The van der Waals surface area contributed by atoms with Gasteiger partial charge in [-0.05, 0) is 36.6 Å². The first-order valence-corrected chi connectivity index (χ1v) is 7.84. The zero-order valence-corrected chi connectivity index (χ0v) is 13.2. The van der Waals surface area contributed by atoms with Gasteiger partial charge in [0.05, 0.1) is 0 Å². The van der Waals surface area contributed by atoms with E-state index in [1.807, 2.05) is 12.1 Å². The third-order valence-corrected chi connectivity index (χ3v) is 4.38. The molecule has 20 heavy (non-hydrogen) atoms. The predicted octanol–water partition coefficient (Wildman–Crippen LogP) is 3.59. The first kappa shape index (κ1) is 15.6. The minimum atomic E-state index is 0.355. The maximum Gasteiger partial charge on any atom is 0.0406 e. The second-order valence-electron chi connectivity index (χ2n) is 5.93. The molecule has 0 spiro atoms. The maximum atomic E-state index is 5.99. The van der Waals surface area contributed by atoms with Gasteiger partial charge in [0.25, 0.3) is 0 Å². The van der Waals surface area contributed by atoms with Gasteiger partial charge in [-0.15, -0.1) is 0 Å². The summed E-state index contributed by atoms with van der Waals surface area (Å²) in [6.45, 7) is 11.9. The molecule has 2 rings (SSSR count). The maximum absolute atomic E-state index is 5.99. The lowest BCUT2D eigenvalue weighted by atomic mass is 9.85. The first-order chi connectivity index (χ1) is 9.58. The average Bonchev–Trinajstić information content (AvgIpc) is 2.93. The molecule has 1 heterocycles. The van der Waals surface area contributed by atoms with Crippen molar-refractivity contribution in [2.75, 3.05) is 19.6 Å². The van der Waals surface area contributed by atoms with Crippen molar-refractivity contribution >= 4 is 11.6 Å². The molecule has 1 aromatic rings. The minimum Gasteiger partial charge on any atom is -0.315 e. The molecule has 3 heteroatoms. The lowest BCUT2D eigenvalue weighted by Gasteiger charge is -2.25. The van der Waals surface area contributed by atoms with Gasteiger partial charge in [0.15, 0.2) is 0 Å². The molecule has 0 bridgehead atoms. The summed E-state index contributed by atoms with van der Waals surface area (Å²) in [5, 5.41) is 7.85. The van der Waals surface area contributed by atoms with Gasteiger partial charge < -0.3 is 10.6 Å². The topological polar surface area (TPSA) is 24.1 Å². The van der Waals surface area contributed by atoms with Crippen molar-refractivity contribution in [3.63, 3.8) is 0 Å². The lowest BCUT2D eigenvalue weighted by molar-refractivity contribution is 0.510. The third-order valence-electron chi connectivity index (χ3n) is 4.13. The molecule has 2 nitrogen and oxygen atoms in total. The molecule has 0 saturated carbocycles. The van der Waals surface area contributed by atoms with Gasteiger partial charge in [-0.3, -0.25) is 0 Å². The molecule has 0 aromatic heterocycles. The lowest BCUT2D eigenvalue weighted by Crippen LogP contribution is -2.35. The van der Waals surface area contributed by atoms with Crippen LogP contribution in [0.1, 0.15) is 31.7 Å². The van der Waals surface area contributed by atoms with Crippen LogP contribution in [0.25, 0.3) is 0 Å². The Morgan fingerprint density at radius 1 is 1.40 bits per heavy atom. The van der Waals surface area contributed by atoms with E-state index in [1.54, 1.807) is 0 Å². The van der Waals surface area contributed by atoms with Crippen molar-refractivity contribution in [2.24, 2.45) is 5.92 Å². The summed E-state index contributed by atoms with van der Waals surface area (Å²) in [4.78, 5) is 0. The fourth-order valence-electron chi connectivity index (χ4n) is 2.67. The number of hydrogen-bond acceptors (Lipinski definition) is 2. The van der Waals surface area contributed by atoms with E-state index in [0.29, 0.717) is 17.9 Å². The highest BCUT2D eigenvalue weighted by Gasteiger charge is 2.20. The van der Waals surface area contributed by atoms with Crippen LogP contribution in [0.4, 0.5) is 0 Å². The van der Waals surface area contributed by atoms with Crippen molar-refractivity contribution in [2.45, 2.75) is 32.2 Å². The van der Waals surface area contributed by atoms with Gasteiger partial charge in [-0.25, -0.2) is 0 Å². The standard InChI is InChI=1S/C17H25ClN2/c1-12(2)13(3)17(11-20-16-8-9-19-10-16)14-4-6-15(18)7-5-14/h4-7,12,16-17,19-20H,3,8-11H2,1-2H3/t16-,17+/m1/s1. The molecule has 0 aliphatic carbocycles. The van der Waals surface area contributed by atoms with E-state index in [1.165, 1.54) is 17.6 Å². The largest absolute Gasteiger partial charge is 0.315 e. The quantitative estimate of drug-likeness (QED) is 0.783. The van der Waals surface area contributed by atoms with Crippen LogP contribution in [0.15, 0.2) is 36.4 Å². The fourth-order valence-corrected chi connectivity index (χ4v) is 2.80. The van der Waals surface area contributed by atoms with Crippen LogP contribution < -0.4 is 10.6 Å². The SMILES string of the molecule is C=C(C(C)C)[C@H](CN[C@@H]1CCNC1)c1ccc(Cl)cc1. The monoisotopic (exact) mass is 292 g/mol. The molecule has 110 valence electrons. The molecule has 2 N–H and O–H groups in total. The van der Waals surface area contributed by atoms with Crippen molar-refractivity contribution < 1.29 is 0 Å². The number of rotatable bonds is 6. The van der Waals surface area contributed by atoms with Gasteiger partial charge in [0, 0.05) is 30.1 Å². The highest BCUT2D eigenvalue weighted by atomic mass is 35.5. The Morgan fingerprint density at radius 3 is 2.65 bits per heavy atom. The average molecular weight is 293 g/mol. The summed E-state index contributed by atoms with van der Waals surface area (Å²) in [7, 11) is 0. The van der Waals surface area contributed by atoms with Gasteiger partial charge in [0.2, 0.25) is 0 Å². The minimum absolute atomic E-state index is 0.355. The van der Waals surface area contributed by atoms with Crippen LogP contribution >= 0.6 is 11.6 Å². The van der Waals surface area contributed by atoms with E-state index in [2.05, 4.69) is 43.2 Å². The highest BCUT2D eigenvalue weighted by Crippen LogP contribution is 2.29. The van der Waals surface area contributed by atoms with E-state index < -0.39 is 0 Å². The van der Waals surface area contributed by atoms with E-state index in [0.717, 1.165) is 24.7 Å². The first-order valence-electron chi connectivity index (χ1n) is 7.46. The van der Waals surface area contributed by atoms with Crippen molar-refractivity contribution in [1.29, 1.82) is 0 Å². The molecule has 1 aliphatic rings. The van der Waals surface area contributed by atoms with E-state index in [-0.39, 0.29) is 0 Å². The fraction of sp³-hybridized carbons (Fsp3) is 0.529. The third kappa shape index (κ3) is 4.08.